The van der Waals surface area contributed by atoms with Crippen LogP contribution in [0, 0.1) is 0 Å². The van der Waals surface area contributed by atoms with E-state index in [1.54, 1.807) is 6.92 Å². The number of rotatable bonds is 3. The first kappa shape index (κ1) is 13.2. The van der Waals surface area contributed by atoms with E-state index in [4.69, 9.17) is 0 Å². The number of aromatic nitrogens is 1. The molecule has 1 aromatic heterocycles. The molecule has 0 saturated carbocycles. The van der Waals surface area contributed by atoms with E-state index in [0.717, 1.165) is 18.3 Å². The molecule has 92 valence electrons. The van der Waals surface area contributed by atoms with Crippen molar-refractivity contribution in [1.82, 2.24) is 4.98 Å². The molecule has 0 unspecified atom stereocenters. The van der Waals surface area contributed by atoms with E-state index in [9.17, 15) is 18.0 Å². The summed E-state index contributed by atoms with van der Waals surface area (Å²) in [6.07, 6.45) is -0.214. The maximum Gasteiger partial charge on any atom is 0.417 e. The van der Waals surface area contributed by atoms with Gasteiger partial charge in [-0.15, -0.1) is 0 Å². The summed E-state index contributed by atoms with van der Waals surface area (Å²) in [7, 11) is 0. The lowest BCUT2D eigenvalue weighted by Gasteiger charge is -2.05. The molecule has 0 spiro atoms. The summed E-state index contributed by atoms with van der Waals surface area (Å²) in [4.78, 5) is 14.4. The van der Waals surface area contributed by atoms with Gasteiger partial charge in [-0.2, -0.15) is 13.2 Å². The maximum atomic E-state index is 12.3. The Hall–Kier alpha value is -1.85. The van der Waals surface area contributed by atoms with E-state index in [-0.39, 0.29) is 12.2 Å². The molecule has 6 heteroatoms. The summed E-state index contributed by atoms with van der Waals surface area (Å²) in [6, 6.07) is 0.905. The normalized spacial score (nSPS) is 11.8. The van der Waals surface area contributed by atoms with Crippen LogP contribution in [-0.2, 0) is 15.7 Å². The molecule has 0 aliphatic heterocycles. The minimum Gasteiger partial charge on any atom is -0.463 e. The first-order valence-corrected chi connectivity index (χ1v) is 4.80. The predicted molar refractivity (Wildman–Crippen MR) is 54.9 cm³/mol. The highest BCUT2D eigenvalue weighted by molar-refractivity contribution is 5.86. The molecule has 0 aliphatic rings. The molecule has 17 heavy (non-hydrogen) atoms. The zero-order chi connectivity index (χ0) is 12.9. The molecule has 1 heterocycles. The molecule has 0 atom stereocenters. The van der Waals surface area contributed by atoms with Crippen molar-refractivity contribution in [2.45, 2.75) is 13.1 Å². The molecular weight excluding hydrogens is 235 g/mol. The Morgan fingerprint density at radius 3 is 2.76 bits per heavy atom. The number of hydrogen-bond acceptors (Lipinski definition) is 3. The lowest BCUT2D eigenvalue weighted by atomic mass is 10.2. The number of hydrogen-bond donors (Lipinski definition) is 0. The number of pyridine rings is 1. The number of carbonyl (C=O) groups excluding carboxylic acids is 1. The van der Waals surface area contributed by atoms with Crippen LogP contribution in [0.5, 0.6) is 0 Å². The third-order valence-electron chi connectivity index (χ3n) is 1.79. The van der Waals surface area contributed by atoms with E-state index < -0.39 is 17.7 Å². The molecule has 1 rings (SSSR count). The number of carbonyl (C=O) groups is 1. The smallest absolute Gasteiger partial charge is 0.417 e. The van der Waals surface area contributed by atoms with Crippen molar-refractivity contribution in [2.75, 3.05) is 6.61 Å². The van der Waals surface area contributed by atoms with Crippen LogP contribution in [0.2, 0.25) is 0 Å². The van der Waals surface area contributed by atoms with Gasteiger partial charge in [0.25, 0.3) is 0 Å². The van der Waals surface area contributed by atoms with Gasteiger partial charge in [-0.1, -0.05) is 0 Å². The summed E-state index contributed by atoms with van der Waals surface area (Å²) in [6.45, 7) is 1.85. The van der Waals surface area contributed by atoms with Crippen molar-refractivity contribution in [2.24, 2.45) is 0 Å². The van der Waals surface area contributed by atoms with Crippen molar-refractivity contribution < 1.29 is 22.7 Å². The SMILES string of the molecule is CCOC(=O)C=Cc1cncc(C(F)(F)F)c1. The summed E-state index contributed by atoms with van der Waals surface area (Å²) < 4.78 is 41.6. The van der Waals surface area contributed by atoms with Crippen molar-refractivity contribution in [3.8, 4) is 0 Å². The summed E-state index contributed by atoms with van der Waals surface area (Å²) >= 11 is 0. The summed E-state index contributed by atoms with van der Waals surface area (Å²) in [5, 5.41) is 0. The van der Waals surface area contributed by atoms with Gasteiger partial charge in [0.15, 0.2) is 0 Å². The Labute approximate surface area is 95.9 Å². The van der Waals surface area contributed by atoms with Gasteiger partial charge in [-0.05, 0) is 24.6 Å². The van der Waals surface area contributed by atoms with E-state index in [1.165, 1.54) is 12.3 Å². The molecule has 0 bridgehead atoms. The van der Waals surface area contributed by atoms with E-state index in [0.29, 0.717) is 0 Å². The highest BCUT2D eigenvalue weighted by Gasteiger charge is 2.30. The third-order valence-corrected chi connectivity index (χ3v) is 1.79. The standard InChI is InChI=1S/C11H10F3NO2/c1-2-17-10(16)4-3-8-5-9(7-15-6-8)11(12,13)14/h3-7H,2H2,1H3. The lowest BCUT2D eigenvalue weighted by Crippen LogP contribution is -2.05. The molecule has 0 saturated heterocycles. The number of nitrogens with zero attached hydrogens (tertiary/aromatic N) is 1. The second-order valence-corrected chi connectivity index (χ2v) is 3.09. The molecule has 0 radical (unpaired) electrons. The molecule has 0 N–H and O–H groups in total. The fourth-order valence-corrected chi connectivity index (χ4v) is 1.06. The van der Waals surface area contributed by atoms with Crippen molar-refractivity contribution in [3.63, 3.8) is 0 Å². The number of esters is 1. The van der Waals surface area contributed by atoms with Crippen LogP contribution in [0.3, 0.4) is 0 Å². The fourth-order valence-electron chi connectivity index (χ4n) is 1.06. The molecule has 0 amide bonds. The molecule has 3 nitrogen and oxygen atoms in total. The Kier molecular flexibility index (Phi) is 4.25. The number of halogens is 3. The van der Waals surface area contributed by atoms with Crippen LogP contribution >= 0.6 is 0 Å². The zero-order valence-corrected chi connectivity index (χ0v) is 8.99. The highest BCUT2D eigenvalue weighted by atomic mass is 19.4. The molecular formula is C11H10F3NO2. The van der Waals surface area contributed by atoms with Crippen LogP contribution in [-0.4, -0.2) is 17.6 Å². The Morgan fingerprint density at radius 2 is 2.18 bits per heavy atom. The third kappa shape index (κ3) is 4.26. The van der Waals surface area contributed by atoms with Crippen molar-refractivity contribution in [3.05, 3.63) is 35.7 Å². The quantitative estimate of drug-likeness (QED) is 0.607. The van der Waals surface area contributed by atoms with E-state index in [2.05, 4.69) is 9.72 Å². The Morgan fingerprint density at radius 1 is 1.47 bits per heavy atom. The van der Waals surface area contributed by atoms with Crippen LogP contribution in [0.15, 0.2) is 24.5 Å². The van der Waals surface area contributed by atoms with Gasteiger partial charge in [0.1, 0.15) is 0 Å². The van der Waals surface area contributed by atoms with Gasteiger partial charge in [-0.3, -0.25) is 4.98 Å². The zero-order valence-electron chi connectivity index (χ0n) is 8.99. The van der Waals surface area contributed by atoms with E-state index >= 15 is 0 Å². The average Bonchev–Trinajstić information content (AvgIpc) is 2.26. The first-order valence-electron chi connectivity index (χ1n) is 4.80. The maximum absolute atomic E-state index is 12.3. The summed E-state index contributed by atoms with van der Waals surface area (Å²) in [5.74, 6) is -0.607. The van der Waals surface area contributed by atoms with Gasteiger partial charge in [0.2, 0.25) is 0 Å². The lowest BCUT2D eigenvalue weighted by molar-refractivity contribution is -0.138. The van der Waals surface area contributed by atoms with Crippen molar-refractivity contribution >= 4 is 12.0 Å². The van der Waals surface area contributed by atoms with Crippen molar-refractivity contribution in [1.29, 1.82) is 0 Å². The Bertz CT molecular complexity index is 427. The predicted octanol–water partition coefficient (Wildman–Crippen LogP) is 2.68. The number of alkyl halides is 3. The largest absolute Gasteiger partial charge is 0.463 e. The van der Waals surface area contributed by atoms with Gasteiger partial charge in [0, 0.05) is 18.5 Å². The van der Waals surface area contributed by atoms with Crippen LogP contribution in [0.1, 0.15) is 18.1 Å². The van der Waals surface area contributed by atoms with Gasteiger partial charge in [0.05, 0.1) is 12.2 Å². The molecule has 0 aliphatic carbocycles. The van der Waals surface area contributed by atoms with Crippen LogP contribution in [0.4, 0.5) is 13.2 Å². The van der Waals surface area contributed by atoms with Gasteiger partial charge < -0.3 is 4.74 Å². The topological polar surface area (TPSA) is 39.2 Å². The molecule has 0 fully saturated rings. The van der Waals surface area contributed by atoms with Gasteiger partial charge in [-0.25, -0.2) is 4.79 Å². The Balaban J connectivity index is 2.83. The summed E-state index contributed by atoms with van der Waals surface area (Å²) in [5.41, 5.74) is -0.670. The highest BCUT2D eigenvalue weighted by Crippen LogP contribution is 2.29. The van der Waals surface area contributed by atoms with E-state index in [1.807, 2.05) is 0 Å². The average molecular weight is 245 g/mol. The van der Waals surface area contributed by atoms with Gasteiger partial charge >= 0.3 is 12.1 Å². The molecule has 1 aromatic rings. The number of ether oxygens (including phenoxy) is 1. The second-order valence-electron chi connectivity index (χ2n) is 3.09. The monoisotopic (exact) mass is 245 g/mol. The van der Waals surface area contributed by atoms with Crippen LogP contribution in [0.25, 0.3) is 6.08 Å². The van der Waals surface area contributed by atoms with Crippen LogP contribution < -0.4 is 0 Å². The second kappa shape index (κ2) is 5.47. The minimum absolute atomic E-state index is 0.188. The fraction of sp³-hybridized carbons (Fsp3) is 0.273. The molecule has 0 aromatic carbocycles. The first-order chi connectivity index (χ1) is 7.93. The minimum atomic E-state index is -4.44.